The first-order valence-corrected chi connectivity index (χ1v) is 7.67. The maximum Gasteiger partial charge on any atom is 0.254 e. The number of aromatic nitrogens is 1. The molecule has 0 aliphatic heterocycles. The van der Waals surface area contributed by atoms with Crippen LogP contribution in [0.1, 0.15) is 28.8 Å². The number of benzene rings is 1. The molecule has 3 nitrogen and oxygen atoms in total. The molecule has 0 bridgehead atoms. The lowest BCUT2D eigenvalue weighted by atomic mass is 10.1. The Balaban J connectivity index is 1.89. The van der Waals surface area contributed by atoms with Crippen molar-refractivity contribution in [1.29, 1.82) is 0 Å². The molecule has 0 saturated heterocycles. The molecule has 0 N–H and O–H groups in total. The van der Waals surface area contributed by atoms with Gasteiger partial charge in [0.15, 0.2) is 0 Å². The second-order valence-corrected chi connectivity index (χ2v) is 6.03. The predicted octanol–water partition coefficient (Wildman–Crippen LogP) is 4.33. The number of halogens is 3. The van der Waals surface area contributed by atoms with E-state index in [-0.39, 0.29) is 23.6 Å². The van der Waals surface area contributed by atoms with Crippen LogP contribution in [0.25, 0.3) is 0 Å². The van der Waals surface area contributed by atoms with Crippen molar-refractivity contribution < 1.29 is 9.18 Å². The molecule has 3 rings (SSSR count). The second-order valence-electron chi connectivity index (χ2n) is 5.23. The van der Waals surface area contributed by atoms with Gasteiger partial charge in [-0.05, 0) is 37.1 Å². The van der Waals surface area contributed by atoms with E-state index >= 15 is 0 Å². The molecule has 0 spiro atoms. The van der Waals surface area contributed by atoms with E-state index in [1.54, 1.807) is 23.1 Å². The Kier molecular flexibility index (Phi) is 4.32. The molecule has 22 heavy (non-hydrogen) atoms. The first-order chi connectivity index (χ1) is 10.6. The fourth-order valence-electron chi connectivity index (χ4n) is 2.31. The van der Waals surface area contributed by atoms with Gasteiger partial charge in [0.25, 0.3) is 5.91 Å². The average molecular weight is 339 g/mol. The summed E-state index contributed by atoms with van der Waals surface area (Å²) in [5, 5.41) is 0.580. The Bertz CT molecular complexity index is 699. The lowest BCUT2D eigenvalue weighted by Crippen LogP contribution is -2.33. The number of carbonyl (C=O) groups is 1. The summed E-state index contributed by atoms with van der Waals surface area (Å²) in [6.45, 7) is 0.148. The number of amides is 1. The SMILES string of the molecule is O=C(c1ccnc(Cl)c1)N(Cc1c(F)cccc1Cl)C1CC1. The highest BCUT2D eigenvalue weighted by atomic mass is 35.5. The Hall–Kier alpha value is -1.65. The van der Waals surface area contributed by atoms with Gasteiger partial charge in [0.05, 0.1) is 6.54 Å². The van der Waals surface area contributed by atoms with E-state index in [0.717, 1.165) is 12.8 Å². The molecule has 6 heteroatoms. The summed E-state index contributed by atoms with van der Waals surface area (Å²) in [5.41, 5.74) is 0.781. The summed E-state index contributed by atoms with van der Waals surface area (Å²) in [6, 6.07) is 7.76. The first kappa shape index (κ1) is 15.3. The van der Waals surface area contributed by atoms with E-state index < -0.39 is 5.82 Å². The molecule has 2 aromatic rings. The van der Waals surface area contributed by atoms with Crippen LogP contribution >= 0.6 is 23.2 Å². The summed E-state index contributed by atoms with van der Waals surface area (Å²) < 4.78 is 14.0. The van der Waals surface area contributed by atoms with Crippen LogP contribution < -0.4 is 0 Å². The molecule has 1 amide bonds. The minimum atomic E-state index is -0.404. The quantitative estimate of drug-likeness (QED) is 0.777. The van der Waals surface area contributed by atoms with E-state index in [0.29, 0.717) is 16.1 Å². The van der Waals surface area contributed by atoms with Crippen molar-refractivity contribution in [2.45, 2.75) is 25.4 Å². The van der Waals surface area contributed by atoms with Crippen LogP contribution in [0.4, 0.5) is 4.39 Å². The minimum Gasteiger partial charge on any atom is -0.331 e. The maximum absolute atomic E-state index is 14.0. The van der Waals surface area contributed by atoms with Gasteiger partial charge in [0.1, 0.15) is 11.0 Å². The van der Waals surface area contributed by atoms with Gasteiger partial charge in [0.2, 0.25) is 0 Å². The third-order valence-corrected chi connectivity index (χ3v) is 4.17. The number of nitrogens with zero attached hydrogens (tertiary/aromatic N) is 2. The van der Waals surface area contributed by atoms with Gasteiger partial charge < -0.3 is 4.90 Å². The van der Waals surface area contributed by atoms with Gasteiger partial charge in [-0.2, -0.15) is 0 Å². The van der Waals surface area contributed by atoms with Crippen LogP contribution in [0.5, 0.6) is 0 Å². The van der Waals surface area contributed by atoms with Gasteiger partial charge in [-0.1, -0.05) is 29.3 Å². The molecule has 1 saturated carbocycles. The van der Waals surface area contributed by atoms with Crippen LogP contribution in [0.2, 0.25) is 10.2 Å². The minimum absolute atomic E-state index is 0.120. The van der Waals surface area contributed by atoms with Gasteiger partial charge in [-0.3, -0.25) is 4.79 Å². The van der Waals surface area contributed by atoms with Gasteiger partial charge in [-0.25, -0.2) is 9.37 Å². The van der Waals surface area contributed by atoms with Crippen molar-refractivity contribution in [2.24, 2.45) is 0 Å². The lowest BCUT2D eigenvalue weighted by Gasteiger charge is -2.23. The first-order valence-electron chi connectivity index (χ1n) is 6.91. The Morgan fingerprint density at radius 1 is 1.32 bits per heavy atom. The largest absolute Gasteiger partial charge is 0.331 e. The van der Waals surface area contributed by atoms with E-state index in [1.807, 2.05) is 0 Å². The van der Waals surface area contributed by atoms with E-state index in [9.17, 15) is 9.18 Å². The summed E-state index contributed by atoms with van der Waals surface area (Å²) in [7, 11) is 0. The second kappa shape index (κ2) is 6.23. The van der Waals surface area contributed by atoms with Gasteiger partial charge in [-0.15, -0.1) is 0 Å². The van der Waals surface area contributed by atoms with Crippen molar-refractivity contribution in [3.8, 4) is 0 Å². The molecule has 1 aliphatic carbocycles. The molecule has 1 fully saturated rings. The normalized spacial score (nSPS) is 14.0. The summed E-state index contributed by atoms with van der Waals surface area (Å²) >= 11 is 11.9. The topological polar surface area (TPSA) is 33.2 Å². The summed E-state index contributed by atoms with van der Waals surface area (Å²) in [4.78, 5) is 18.2. The van der Waals surface area contributed by atoms with Gasteiger partial charge >= 0.3 is 0 Å². The molecule has 1 aliphatic rings. The Morgan fingerprint density at radius 2 is 2.09 bits per heavy atom. The van der Waals surface area contributed by atoms with Crippen LogP contribution in [-0.4, -0.2) is 21.8 Å². The van der Waals surface area contributed by atoms with Crippen molar-refractivity contribution in [3.05, 3.63) is 63.6 Å². The zero-order valence-electron chi connectivity index (χ0n) is 11.6. The highest BCUT2D eigenvalue weighted by Gasteiger charge is 2.34. The molecule has 114 valence electrons. The molecule has 0 atom stereocenters. The molecular weight excluding hydrogens is 326 g/mol. The van der Waals surface area contributed by atoms with E-state index in [4.69, 9.17) is 23.2 Å². The van der Waals surface area contributed by atoms with Crippen LogP contribution in [0, 0.1) is 5.82 Å². The third-order valence-electron chi connectivity index (χ3n) is 3.61. The standard InChI is InChI=1S/C16H13Cl2FN2O/c17-13-2-1-3-14(19)12(13)9-21(11-4-5-11)16(22)10-6-7-20-15(18)8-10/h1-3,6-8,11H,4-5,9H2. The Labute approximate surface area is 137 Å². The molecular formula is C16H13Cl2FN2O. The number of pyridine rings is 1. The highest BCUT2D eigenvalue weighted by Crippen LogP contribution is 2.32. The van der Waals surface area contributed by atoms with Crippen LogP contribution in [0.15, 0.2) is 36.5 Å². The summed E-state index contributed by atoms with van der Waals surface area (Å²) in [5.74, 6) is -0.593. The van der Waals surface area contributed by atoms with Crippen molar-refractivity contribution in [1.82, 2.24) is 9.88 Å². The van der Waals surface area contributed by atoms with Crippen LogP contribution in [0.3, 0.4) is 0 Å². The molecule has 1 aromatic heterocycles. The highest BCUT2D eigenvalue weighted by molar-refractivity contribution is 6.31. The van der Waals surface area contributed by atoms with Crippen LogP contribution in [-0.2, 0) is 6.54 Å². The Morgan fingerprint density at radius 3 is 2.73 bits per heavy atom. The zero-order valence-corrected chi connectivity index (χ0v) is 13.1. The number of carbonyl (C=O) groups excluding carboxylic acids is 1. The fraction of sp³-hybridized carbons (Fsp3) is 0.250. The monoisotopic (exact) mass is 338 g/mol. The predicted molar refractivity (Wildman–Crippen MR) is 83.6 cm³/mol. The maximum atomic E-state index is 14.0. The van der Waals surface area contributed by atoms with Gasteiger partial charge in [0, 0.05) is 28.4 Å². The summed E-state index contributed by atoms with van der Waals surface area (Å²) in [6.07, 6.45) is 3.31. The molecule has 1 heterocycles. The fourth-order valence-corrected chi connectivity index (χ4v) is 2.70. The number of hydrogen-bond acceptors (Lipinski definition) is 2. The van der Waals surface area contributed by atoms with Crippen molar-refractivity contribution in [2.75, 3.05) is 0 Å². The zero-order chi connectivity index (χ0) is 15.7. The number of rotatable bonds is 4. The lowest BCUT2D eigenvalue weighted by molar-refractivity contribution is 0.0728. The van der Waals surface area contributed by atoms with E-state index in [1.165, 1.54) is 18.3 Å². The number of hydrogen-bond donors (Lipinski definition) is 0. The van der Waals surface area contributed by atoms with Crippen molar-refractivity contribution >= 4 is 29.1 Å². The molecule has 1 aromatic carbocycles. The molecule has 0 radical (unpaired) electrons. The molecule has 0 unspecified atom stereocenters. The van der Waals surface area contributed by atoms with Crippen molar-refractivity contribution in [3.63, 3.8) is 0 Å². The third kappa shape index (κ3) is 3.23. The smallest absolute Gasteiger partial charge is 0.254 e. The van der Waals surface area contributed by atoms with E-state index in [2.05, 4.69) is 4.98 Å². The average Bonchev–Trinajstić information content (AvgIpc) is 3.31.